The third kappa shape index (κ3) is 1.80. The molecule has 14 heavy (non-hydrogen) atoms. The number of amides is 1. The molecular formula is C8H9N3O3. The van der Waals surface area contributed by atoms with Crippen LogP contribution in [0.5, 0.6) is 0 Å². The molecule has 0 aliphatic rings. The molecule has 0 saturated carbocycles. The molecular weight excluding hydrogens is 186 g/mol. The van der Waals surface area contributed by atoms with Crippen LogP contribution in [-0.4, -0.2) is 17.0 Å². The molecule has 6 heteroatoms. The van der Waals surface area contributed by atoms with Gasteiger partial charge in [0.25, 0.3) is 5.91 Å². The van der Waals surface area contributed by atoms with Crippen LogP contribution < -0.4 is 17.0 Å². The molecule has 1 amide bonds. The summed E-state index contributed by atoms with van der Waals surface area (Å²) in [7, 11) is 0. The van der Waals surface area contributed by atoms with Crippen LogP contribution in [0.4, 0.5) is 5.69 Å². The van der Waals surface area contributed by atoms with E-state index in [0.29, 0.717) is 5.69 Å². The number of carboxylic acids is 1. The number of carbonyl (C=O) groups excluding carboxylic acids is 1. The molecule has 1 aromatic carbocycles. The molecule has 1 rings (SSSR count). The van der Waals surface area contributed by atoms with Gasteiger partial charge in [0.15, 0.2) is 0 Å². The van der Waals surface area contributed by atoms with Crippen LogP contribution in [0.15, 0.2) is 18.2 Å². The average molecular weight is 195 g/mol. The van der Waals surface area contributed by atoms with Gasteiger partial charge in [-0.05, 0) is 18.2 Å². The second-order valence-electron chi connectivity index (χ2n) is 2.58. The van der Waals surface area contributed by atoms with Crippen LogP contribution in [-0.2, 0) is 0 Å². The van der Waals surface area contributed by atoms with Gasteiger partial charge in [0.05, 0.1) is 11.1 Å². The third-order valence-electron chi connectivity index (χ3n) is 1.65. The van der Waals surface area contributed by atoms with Crippen molar-refractivity contribution >= 4 is 17.6 Å². The van der Waals surface area contributed by atoms with Crippen LogP contribution in [0.2, 0.25) is 0 Å². The van der Waals surface area contributed by atoms with Gasteiger partial charge in [0.1, 0.15) is 0 Å². The number of hydrogen-bond acceptors (Lipinski definition) is 4. The van der Waals surface area contributed by atoms with Crippen LogP contribution in [0, 0.1) is 0 Å². The molecule has 74 valence electrons. The van der Waals surface area contributed by atoms with Gasteiger partial charge < -0.3 is 10.8 Å². The smallest absolute Gasteiger partial charge is 0.336 e. The van der Waals surface area contributed by atoms with Gasteiger partial charge in [-0.1, -0.05) is 0 Å². The molecule has 0 spiro atoms. The summed E-state index contributed by atoms with van der Waals surface area (Å²) in [5.74, 6) is 3.00. The highest BCUT2D eigenvalue weighted by Crippen LogP contribution is 2.13. The first-order valence-corrected chi connectivity index (χ1v) is 3.70. The number of carbonyl (C=O) groups is 2. The number of hydrogen-bond donors (Lipinski definition) is 4. The normalized spacial score (nSPS) is 9.50. The van der Waals surface area contributed by atoms with E-state index in [2.05, 4.69) is 0 Å². The largest absolute Gasteiger partial charge is 0.478 e. The topological polar surface area (TPSA) is 118 Å². The van der Waals surface area contributed by atoms with E-state index in [0.717, 1.165) is 0 Å². The second-order valence-corrected chi connectivity index (χ2v) is 2.58. The fraction of sp³-hybridized carbons (Fsp3) is 0. The van der Waals surface area contributed by atoms with Gasteiger partial charge in [-0.25, -0.2) is 10.6 Å². The number of aromatic carboxylic acids is 1. The van der Waals surface area contributed by atoms with Crippen LogP contribution >= 0.6 is 0 Å². The maximum atomic E-state index is 11.1. The fourth-order valence-corrected chi connectivity index (χ4v) is 1.01. The van der Waals surface area contributed by atoms with Gasteiger partial charge in [0, 0.05) is 5.69 Å². The predicted octanol–water partition coefficient (Wildman–Crippen LogP) is -0.430. The Morgan fingerprint density at radius 1 is 1.29 bits per heavy atom. The number of nitrogen functional groups attached to an aromatic ring is 2. The number of rotatable bonds is 2. The molecule has 0 bridgehead atoms. The van der Waals surface area contributed by atoms with Crippen LogP contribution in [0.3, 0.4) is 0 Å². The minimum atomic E-state index is -1.20. The first-order chi connectivity index (χ1) is 6.56. The second kappa shape index (κ2) is 3.75. The lowest BCUT2D eigenvalue weighted by Crippen LogP contribution is -2.31. The average Bonchev–Trinajstić information content (AvgIpc) is 2.16. The molecule has 0 aliphatic carbocycles. The lowest BCUT2D eigenvalue weighted by Gasteiger charge is -2.04. The van der Waals surface area contributed by atoms with E-state index in [1.165, 1.54) is 18.2 Å². The van der Waals surface area contributed by atoms with Crippen molar-refractivity contribution in [2.24, 2.45) is 5.84 Å². The number of nitrogens with one attached hydrogen (secondary N) is 1. The summed E-state index contributed by atoms with van der Waals surface area (Å²) in [6.45, 7) is 0. The zero-order valence-corrected chi connectivity index (χ0v) is 7.15. The number of carboxylic acid groups (broad SMARTS) is 1. The summed E-state index contributed by atoms with van der Waals surface area (Å²) < 4.78 is 0. The van der Waals surface area contributed by atoms with E-state index in [9.17, 15) is 9.59 Å². The molecule has 0 radical (unpaired) electrons. The van der Waals surface area contributed by atoms with Crippen LogP contribution in [0.25, 0.3) is 0 Å². The minimum Gasteiger partial charge on any atom is -0.478 e. The lowest BCUT2D eigenvalue weighted by molar-refractivity contribution is 0.0691. The van der Waals surface area contributed by atoms with Crippen molar-refractivity contribution in [3.05, 3.63) is 29.3 Å². The molecule has 0 saturated heterocycles. The van der Waals surface area contributed by atoms with Crippen molar-refractivity contribution in [2.45, 2.75) is 0 Å². The number of nitrogens with two attached hydrogens (primary N) is 2. The summed E-state index contributed by atoms with van der Waals surface area (Å²) in [5.41, 5.74) is 7.36. The Morgan fingerprint density at radius 2 is 1.93 bits per heavy atom. The van der Waals surface area contributed by atoms with E-state index < -0.39 is 11.9 Å². The molecule has 0 fully saturated rings. The maximum Gasteiger partial charge on any atom is 0.336 e. The van der Waals surface area contributed by atoms with Crippen molar-refractivity contribution in [2.75, 3.05) is 5.73 Å². The van der Waals surface area contributed by atoms with Gasteiger partial charge in [-0.2, -0.15) is 0 Å². The first kappa shape index (κ1) is 10.0. The monoisotopic (exact) mass is 195 g/mol. The van der Waals surface area contributed by atoms with Crippen molar-refractivity contribution in [1.82, 2.24) is 5.43 Å². The quantitative estimate of drug-likeness (QED) is 0.221. The highest BCUT2D eigenvalue weighted by atomic mass is 16.4. The van der Waals surface area contributed by atoms with Crippen molar-refractivity contribution in [3.8, 4) is 0 Å². The molecule has 0 aromatic heterocycles. The molecule has 6 N–H and O–H groups in total. The number of hydrazine groups is 1. The fourth-order valence-electron chi connectivity index (χ4n) is 1.01. The highest BCUT2D eigenvalue weighted by Gasteiger charge is 2.15. The Hall–Kier alpha value is -2.08. The lowest BCUT2D eigenvalue weighted by atomic mass is 10.1. The zero-order valence-electron chi connectivity index (χ0n) is 7.15. The first-order valence-electron chi connectivity index (χ1n) is 3.70. The van der Waals surface area contributed by atoms with E-state index in [1.54, 1.807) is 0 Å². The van der Waals surface area contributed by atoms with E-state index in [1.807, 2.05) is 5.43 Å². The summed E-state index contributed by atoms with van der Waals surface area (Å²) in [4.78, 5) is 21.8. The molecule has 0 atom stereocenters. The van der Waals surface area contributed by atoms with Crippen molar-refractivity contribution in [1.29, 1.82) is 0 Å². The Kier molecular flexibility index (Phi) is 2.68. The highest BCUT2D eigenvalue weighted by molar-refractivity contribution is 6.05. The van der Waals surface area contributed by atoms with Gasteiger partial charge >= 0.3 is 5.97 Å². The minimum absolute atomic E-state index is 0.0556. The SMILES string of the molecule is NNC(=O)c1cc(N)ccc1C(=O)O. The van der Waals surface area contributed by atoms with Gasteiger partial charge in [-0.15, -0.1) is 0 Å². The molecule has 0 unspecified atom stereocenters. The maximum absolute atomic E-state index is 11.1. The van der Waals surface area contributed by atoms with E-state index in [4.69, 9.17) is 16.7 Å². The van der Waals surface area contributed by atoms with E-state index >= 15 is 0 Å². The Morgan fingerprint density at radius 3 is 2.43 bits per heavy atom. The van der Waals surface area contributed by atoms with Crippen LogP contribution in [0.1, 0.15) is 20.7 Å². The molecule has 6 nitrogen and oxygen atoms in total. The van der Waals surface area contributed by atoms with E-state index in [-0.39, 0.29) is 11.1 Å². The molecule has 0 aliphatic heterocycles. The number of anilines is 1. The molecule has 0 heterocycles. The standard InChI is InChI=1S/C8H9N3O3/c9-4-1-2-5(8(13)14)6(3-4)7(12)11-10/h1-3H,9-10H2,(H,11,12)(H,13,14). The summed E-state index contributed by atoms with van der Waals surface area (Å²) in [6, 6.07) is 3.91. The summed E-state index contributed by atoms with van der Waals surface area (Å²) in [6.07, 6.45) is 0. The van der Waals surface area contributed by atoms with Crippen molar-refractivity contribution in [3.63, 3.8) is 0 Å². The third-order valence-corrected chi connectivity index (χ3v) is 1.65. The number of benzene rings is 1. The van der Waals surface area contributed by atoms with Gasteiger partial charge in [0.2, 0.25) is 0 Å². The predicted molar refractivity (Wildman–Crippen MR) is 49.5 cm³/mol. The Labute approximate surface area is 79.5 Å². The van der Waals surface area contributed by atoms with Crippen molar-refractivity contribution < 1.29 is 14.7 Å². The Bertz CT molecular complexity index is 389. The zero-order chi connectivity index (χ0) is 10.7. The summed E-state index contributed by atoms with van der Waals surface area (Å²) >= 11 is 0. The molecule has 1 aromatic rings. The Balaban J connectivity index is 3.29. The van der Waals surface area contributed by atoms with Gasteiger partial charge in [-0.3, -0.25) is 10.2 Å². The summed E-state index contributed by atoms with van der Waals surface area (Å²) in [5, 5.41) is 8.74.